The van der Waals surface area contributed by atoms with Crippen molar-refractivity contribution in [3.05, 3.63) is 29.8 Å². The molecule has 4 nitrogen and oxygen atoms in total. The van der Waals surface area contributed by atoms with Crippen molar-refractivity contribution in [2.75, 3.05) is 4.03 Å². The minimum atomic E-state index is -4.46. The quantitative estimate of drug-likeness (QED) is 0.530. The first kappa shape index (κ1) is 13.5. The highest BCUT2D eigenvalue weighted by Gasteiger charge is 2.30. The summed E-state index contributed by atoms with van der Waals surface area (Å²) in [6.07, 6.45) is -3.91. The van der Waals surface area contributed by atoms with Gasteiger partial charge in [-0.25, -0.2) is 4.79 Å². The van der Waals surface area contributed by atoms with Gasteiger partial charge in [0.25, 0.3) is 0 Å². The van der Waals surface area contributed by atoms with Crippen LogP contribution in [0.2, 0.25) is 0 Å². The van der Waals surface area contributed by atoms with Gasteiger partial charge in [0.1, 0.15) is 6.21 Å². The second-order valence-electron chi connectivity index (χ2n) is 2.89. The summed E-state index contributed by atoms with van der Waals surface area (Å²) < 4.78 is 38.0. The van der Waals surface area contributed by atoms with Crippen molar-refractivity contribution in [3.63, 3.8) is 0 Å². The summed E-state index contributed by atoms with van der Waals surface area (Å²) in [5.41, 5.74) is -0.776. The third-order valence-corrected chi connectivity index (χ3v) is 2.25. The van der Waals surface area contributed by atoms with Gasteiger partial charge in [-0.2, -0.15) is 22.3 Å². The first-order valence-corrected chi connectivity index (χ1v) is 4.91. The van der Waals surface area contributed by atoms with Gasteiger partial charge < -0.3 is 5.11 Å². The Hall–Kier alpha value is -1.57. The second kappa shape index (κ2) is 5.17. The zero-order chi connectivity index (χ0) is 13.1. The molecule has 0 aliphatic rings. The number of benzene rings is 1. The van der Waals surface area contributed by atoms with Crippen molar-refractivity contribution < 1.29 is 23.1 Å². The van der Waals surface area contributed by atoms with Crippen LogP contribution in [0.15, 0.2) is 29.4 Å². The summed E-state index contributed by atoms with van der Waals surface area (Å²) in [5.74, 6) is -1.30. The van der Waals surface area contributed by atoms with Crippen LogP contribution in [0.25, 0.3) is 0 Å². The van der Waals surface area contributed by atoms with E-state index in [-0.39, 0.29) is 5.69 Å². The Balaban J connectivity index is 2.96. The number of hydrazone groups is 1. The summed E-state index contributed by atoms with van der Waals surface area (Å²) in [7, 11) is 0. The third kappa shape index (κ3) is 4.06. The van der Waals surface area contributed by atoms with E-state index in [0.29, 0.717) is 6.21 Å². The number of nitrogens with zero attached hydrogens (tertiary/aromatic N) is 2. The fourth-order valence-corrected chi connectivity index (χ4v) is 1.28. The Morgan fingerprint density at radius 2 is 2.12 bits per heavy atom. The molecular formula is C9H6BrF3N2O2. The van der Waals surface area contributed by atoms with Crippen molar-refractivity contribution in [1.82, 2.24) is 0 Å². The SMILES string of the molecule is O=C(O)/C=N/N(Br)c1cccc(C(F)(F)F)c1. The van der Waals surface area contributed by atoms with Crippen molar-refractivity contribution in [3.8, 4) is 0 Å². The lowest BCUT2D eigenvalue weighted by Crippen LogP contribution is -2.08. The average Bonchev–Trinajstić information content (AvgIpc) is 2.25. The molecule has 1 aromatic carbocycles. The van der Waals surface area contributed by atoms with Crippen LogP contribution in [0.1, 0.15) is 5.56 Å². The van der Waals surface area contributed by atoms with Gasteiger partial charge in [0.15, 0.2) is 0 Å². The minimum absolute atomic E-state index is 0.0670. The zero-order valence-corrected chi connectivity index (χ0v) is 9.73. The standard InChI is InChI=1S/C9H6BrF3N2O2/c10-15(14-5-8(16)17)7-3-1-2-6(4-7)9(11,12)13/h1-5H,(H,16,17)/b14-5+. The maximum atomic E-state index is 12.4. The number of halogens is 4. The summed E-state index contributed by atoms with van der Waals surface area (Å²) in [6.45, 7) is 0. The van der Waals surface area contributed by atoms with Crippen LogP contribution in [-0.2, 0) is 11.0 Å². The van der Waals surface area contributed by atoms with E-state index in [0.717, 1.165) is 16.2 Å². The van der Waals surface area contributed by atoms with Gasteiger partial charge in [-0.1, -0.05) is 6.07 Å². The molecule has 0 radical (unpaired) electrons. The first-order valence-electron chi connectivity index (χ1n) is 4.21. The smallest absolute Gasteiger partial charge is 0.416 e. The molecule has 0 atom stereocenters. The van der Waals surface area contributed by atoms with E-state index in [1.807, 2.05) is 0 Å². The summed E-state index contributed by atoms with van der Waals surface area (Å²) in [5, 5.41) is 11.7. The fourth-order valence-electron chi connectivity index (χ4n) is 0.964. The molecule has 0 aliphatic heterocycles. The van der Waals surface area contributed by atoms with Crippen LogP contribution in [0, 0.1) is 0 Å². The molecule has 0 heterocycles. The fraction of sp³-hybridized carbons (Fsp3) is 0.111. The first-order chi connectivity index (χ1) is 7.80. The number of anilines is 1. The number of hydrogen-bond donors (Lipinski definition) is 1. The molecule has 1 N–H and O–H groups in total. The molecule has 0 bridgehead atoms. The van der Waals surface area contributed by atoms with E-state index in [1.54, 1.807) is 0 Å². The van der Waals surface area contributed by atoms with Gasteiger partial charge in [-0.3, -0.25) is 0 Å². The highest BCUT2D eigenvalue weighted by atomic mass is 79.9. The number of hydrogen-bond acceptors (Lipinski definition) is 3. The van der Waals surface area contributed by atoms with E-state index < -0.39 is 17.7 Å². The molecule has 0 amide bonds. The predicted molar refractivity (Wildman–Crippen MR) is 59.0 cm³/mol. The Morgan fingerprint density at radius 3 is 2.65 bits per heavy atom. The monoisotopic (exact) mass is 310 g/mol. The number of carboxylic acids is 1. The molecule has 0 saturated carbocycles. The van der Waals surface area contributed by atoms with Gasteiger partial charge in [-0.15, -0.1) is 0 Å². The highest BCUT2D eigenvalue weighted by molar-refractivity contribution is 9.10. The molecule has 0 aromatic heterocycles. The van der Waals surface area contributed by atoms with Gasteiger partial charge in [0, 0.05) is 0 Å². The molecule has 92 valence electrons. The van der Waals surface area contributed by atoms with E-state index in [1.165, 1.54) is 12.1 Å². The number of carboxylic acid groups (broad SMARTS) is 1. The Labute approximate surface area is 103 Å². The van der Waals surface area contributed by atoms with E-state index in [2.05, 4.69) is 21.2 Å². The van der Waals surface area contributed by atoms with Crippen molar-refractivity contribution in [2.45, 2.75) is 6.18 Å². The molecule has 0 aliphatic carbocycles. The van der Waals surface area contributed by atoms with E-state index >= 15 is 0 Å². The highest BCUT2D eigenvalue weighted by Crippen LogP contribution is 2.32. The predicted octanol–water partition coefficient (Wildman–Crippen LogP) is 2.89. The van der Waals surface area contributed by atoms with Crippen molar-refractivity contribution in [1.29, 1.82) is 0 Å². The van der Waals surface area contributed by atoms with E-state index in [9.17, 15) is 18.0 Å². The van der Waals surface area contributed by atoms with Crippen LogP contribution in [0.3, 0.4) is 0 Å². The normalized spacial score (nSPS) is 11.8. The topological polar surface area (TPSA) is 52.9 Å². The molecule has 0 saturated heterocycles. The van der Waals surface area contributed by atoms with Crippen LogP contribution in [0.4, 0.5) is 18.9 Å². The van der Waals surface area contributed by atoms with Crippen molar-refractivity contribution >= 4 is 34.0 Å². The van der Waals surface area contributed by atoms with Crippen LogP contribution >= 0.6 is 16.1 Å². The van der Waals surface area contributed by atoms with Gasteiger partial charge >= 0.3 is 12.1 Å². The molecule has 1 rings (SSSR count). The largest absolute Gasteiger partial charge is 0.477 e. The molecule has 0 spiro atoms. The number of alkyl halides is 3. The van der Waals surface area contributed by atoms with Gasteiger partial charge in [-0.05, 0) is 18.2 Å². The number of rotatable bonds is 3. The Bertz CT molecular complexity index is 448. The van der Waals surface area contributed by atoms with E-state index in [4.69, 9.17) is 5.11 Å². The molecule has 0 fully saturated rings. The second-order valence-corrected chi connectivity index (χ2v) is 3.56. The van der Waals surface area contributed by atoms with Crippen molar-refractivity contribution in [2.24, 2.45) is 5.10 Å². The molecule has 1 aromatic rings. The zero-order valence-electron chi connectivity index (χ0n) is 8.15. The maximum absolute atomic E-state index is 12.4. The summed E-state index contributed by atoms with van der Waals surface area (Å²) >= 11 is 2.82. The minimum Gasteiger partial charge on any atom is -0.477 e. The van der Waals surface area contributed by atoms with Gasteiger partial charge in [0.2, 0.25) is 0 Å². The lowest BCUT2D eigenvalue weighted by atomic mass is 10.2. The van der Waals surface area contributed by atoms with Crippen LogP contribution < -0.4 is 4.03 Å². The number of aliphatic carboxylic acids is 1. The number of carbonyl (C=O) groups is 1. The Morgan fingerprint density at radius 1 is 1.47 bits per heavy atom. The maximum Gasteiger partial charge on any atom is 0.416 e. The van der Waals surface area contributed by atoms with Gasteiger partial charge in [0.05, 0.1) is 27.4 Å². The molecule has 17 heavy (non-hydrogen) atoms. The van der Waals surface area contributed by atoms with Crippen LogP contribution in [-0.4, -0.2) is 17.3 Å². The third-order valence-electron chi connectivity index (χ3n) is 1.66. The summed E-state index contributed by atoms with van der Waals surface area (Å²) in [6, 6.07) is 4.30. The average molecular weight is 311 g/mol. The lowest BCUT2D eigenvalue weighted by molar-refractivity contribution is -0.137. The molecular weight excluding hydrogens is 305 g/mol. The summed E-state index contributed by atoms with van der Waals surface area (Å²) in [4.78, 5) is 10.2. The Kier molecular flexibility index (Phi) is 4.11. The molecule has 0 unspecified atom stereocenters. The lowest BCUT2D eigenvalue weighted by Gasteiger charge is -2.12. The molecule has 8 heteroatoms. The van der Waals surface area contributed by atoms with Crippen LogP contribution in [0.5, 0.6) is 0 Å².